The van der Waals surface area contributed by atoms with E-state index in [0.717, 1.165) is 6.20 Å². The number of thioether (sulfide) groups is 1. The van der Waals surface area contributed by atoms with Crippen LogP contribution in [-0.4, -0.2) is 26.1 Å². The fraction of sp³-hybridized carbons (Fsp3) is 0.333. The lowest BCUT2D eigenvalue weighted by molar-refractivity contribution is -0.0554. The summed E-state index contributed by atoms with van der Waals surface area (Å²) in [6.45, 7) is 2.80. The molecular weight excluding hydrogens is 291 g/mol. The maximum atomic E-state index is 12.5. The van der Waals surface area contributed by atoms with Gasteiger partial charge in [-0.05, 0) is 0 Å². The van der Waals surface area contributed by atoms with Gasteiger partial charge in [-0.15, -0.1) is 0 Å². The van der Waals surface area contributed by atoms with Crippen LogP contribution in [0.1, 0.15) is 5.56 Å². The van der Waals surface area contributed by atoms with Gasteiger partial charge in [0.15, 0.2) is 10.2 Å². The summed E-state index contributed by atoms with van der Waals surface area (Å²) in [7, 11) is 0. The number of hydrogen-bond donors (Lipinski definition) is 1. The Kier molecular flexibility index (Phi) is 5.24. The fourth-order valence-electron chi connectivity index (χ4n) is 1.01. The predicted octanol–water partition coefficient (Wildman–Crippen LogP) is 2.82. The molecule has 0 bridgehead atoms. The van der Waals surface area contributed by atoms with Crippen molar-refractivity contribution in [2.45, 2.75) is 18.7 Å². The zero-order valence-corrected chi connectivity index (χ0v) is 10.6. The number of aliphatic hydroxyl groups excluding tert-OH is 1. The monoisotopic (exact) mass is 299 g/mol. The number of nitrogens with zero attached hydrogens (tertiary/aromatic N) is 3. The van der Waals surface area contributed by atoms with E-state index in [1.807, 2.05) is 0 Å². The molecule has 0 aromatic carbocycles. The Bertz CT molecular complexity index is 458. The van der Waals surface area contributed by atoms with Gasteiger partial charge in [-0.3, -0.25) is 4.68 Å². The number of aliphatic imine (C=N–C) groups is 1. The fourth-order valence-corrected chi connectivity index (χ4v) is 1.92. The van der Waals surface area contributed by atoms with Crippen molar-refractivity contribution in [1.29, 1.82) is 0 Å². The molecule has 0 aliphatic heterocycles. The molecule has 0 amide bonds. The van der Waals surface area contributed by atoms with Crippen molar-refractivity contribution in [1.82, 2.24) is 9.78 Å². The second-order valence-corrected chi connectivity index (χ2v) is 4.32. The summed E-state index contributed by atoms with van der Waals surface area (Å²) < 4.78 is 38.6. The summed E-state index contributed by atoms with van der Waals surface area (Å²) in [6, 6.07) is 0. The van der Waals surface area contributed by atoms with Crippen LogP contribution in [0.25, 0.3) is 0 Å². The van der Waals surface area contributed by atoms with E-state index in [2.05, 4.69) is 16.7 Å². The van der Waals surface area contributed by atoms with Gasteiger partial charge in [0.05, 0.1) is 12.5 Å². The van der Waals surface area contributed by atoms with Gasteiger partial charge in [-0.25, -0.2) is 4.99 Å². The first kappa shape index (κ1) is 15.1. The second-order valence-electron chi connectivity index (χ2n) is 3.03. The largest absolute Gasteiger partial charge is 0.439 e. The van der Waals surface area contributed by atoms with E-state index >= 15 is 0 Å². The molecule has 1 rings (SSSR count). The zero-order chi connectivity index (χ0) is 13.8. The number of aromatic nitrogens is 2. The van der Waals surface area contributed by atoms with E-state index in [9.17, 15) is 13.2 Å². The van der Waals surface area contributed by atoms with Crippen molar-refractivity contribution in [3.8, 4) is 0 Å². The first-order chi connectivity index (χ1) is 8.38. The molecule has 1 aromatic heterocycles. The van der Waals surface area contributed by atoms with Crippen LogP contribution in [0.3, 0.4) is 0 Å². The first-order valence-corrected chi connectivity index (χ1v) is 5.96. The molecule has 0 saturated heterocycles. The van der Waals surface area contributed by atoms with Gasteiger partial charge in [0.2, 0.25) is 0 Å². The topological polar surface area (TPSA) is 50.4 Å². The predicted molar refractivity (Wildman–Crippen MR) is 64.4 cm³/mol. The molecule has 0 unspecified atom stereocenters. The smallest absolute Gasteiger partial charge is 0.392 e. The highest BCUT2D eigenvalue weighted by Crippen LogP contribution is 2.26. The lowest BCUT2D eigenvalue weighted by Gasteiger charge is -2.08. The van der Waals surface area contributed by atoms with E-state index in [1.54, 1.807) is 0 Å². The number of aliphatic hydroxyl groups is 1. The molecule has 0 aliphatic rings. The van der Waals surface area contributed by atoms with Crippen molar-refractivity contribution >= 4 is 28.4 Å². The van der Waals surface area contributed by atoms with Gasteiger partial charge in [0.1, 0.15) is 0 Å². The van der Waals surface area contributed by atoms with Gasteiger partial charge in [-0.1, -0.05) is 29.9 Å². The third-order valence-electron chi connectivity index (χ3n) is 1.74. The van der Waals surface area contributed by atoms with Crippen LogP contribution in [0.5, 0.6) is 0 Å². The number of halogens is 4. The van der Waals surface area contributed by atoms with Crippen molar-refractivity contribution in [3.05, 3.63) is 29.7 Å². The molecule has 1 heterocycles. The van der Waals surface area contributed by atoms with Crippen LogP contribution in [-0.2, 0) is 12.5 Å². The molecule has 1 N–H and O–H groups in total. The van der Waals surface area contributed by atoms with Gasteiger partial charge in [0.25, 0.3) is 0 Å². The Morgan fingerprint density at radius 1 is 1.67 bits per heavy atom. The zero-order valence-electron chi connectivity index (χ0n) is 8.98. The SMILES string of the molecule is C=C/N=C(\SCn1cc(CO)c(Cl)n1)C(F)(F)F. The van der Waals surface area contributed by atoms with Gasteiger partial charge >= 0.3 is 6.18 Å². The van der Waals surface area contributed by atoms with E-state index < -0.39 is 11.2 Å². The average Bonchev–Trinajstić information content (AvgIpc) is 2.63. The standard InChI is InChI=1S/C9H9ClF3N3OS/c1-2-14-8(9(11,12)13)18-5-16-3-6(4-17)7(10)15-16/h2-3,17H,1,4-5H2/b14-8-. The van der Waals surface area contributed by atoms with Gasteiger partial charge in [0, 0.05) is 18.0 Å². The summed E-state index contributed by atoms with van der Waals surface area (Å²) in [5.74, 6) is -0.119. The summed E-state index contributed by atoms with van der Waals surface area (Å²) >= 11 is 6.09. The van der Waals surface area contributed by atoms with Crippen LogP contribution in [0, 0.1) is 0 Å². The van der Waals surface area contributed by atoms with Crippen molar-refractivity contribution in [2.24, 2.45) is 4.99 Å². The van der Waals surface area contributed by atoms with Crippen LogP contribution < -0.4 is 0 Å². The molecule has 4 nitrogen and oxygen atoms in total. The summed E-state index contributed by atoms with van der Waals surface area (Å²) in [5, 5.41) is 11.7. The van der Waals surface area contributed by atoms with Crippen LogP contribution in [0.4, 0.5) is 13.2 Å². The maximum Gasteiger partial charge on any atom is 0.439 e. The van der Waals surface area contributed by atoms with E-state index in [0.29, 0.717) is 17.3 Å². The molecule has 18 heavy (non-hydrogen) atoms. The summed E-state index contributed by atoms with van der Waals surface area (Å²) in [4.78, 5) is 3.15. The molecule has 1 aromatic rings. The van der Waals surface area contributed by atoms with Gasteiger partial charge < -0.3 is 5.11 Å². The molecule has 0 aliphatic carbocycles. The Hall–Kier alpha value is -0.990. The Balaban J connectivity index is 2.73. The molecule has 0 radical (unpaired) electrons. The van der Waals surface area contributed by atoms with E-state index in [1.165, 1.54) is 10.9 Å². The molecule has 0 spiro atoms. The lowest BCUT2D eigenvalue weighted by Crippen LogP contribution is -2.20. The van der Waals surface area contributed by atoms with E-state index in [-0.39, 0.29) is 17.6 Å². The van der Waals surface area contributed by atoms with Crippen LogP contribution in [0.15, 0.2) is 24.0 Å². The Labute approximate surface area is 110 Å². The van der Waals surface area contributed by atoms with Crippen molar-refractivity contribution in [2.75, 3.05) is 0 Å². The molecule has 0 saturated carbocycles. The van der Waals surface area contributed by atoms with Crippen molar-refractivity contribution < 1.29 is 18.3 Å². The average molecular weight is 300 g/mol. The lowest BCUT2D eigenvalue weighted by atomic mass is 10.4. The van der Waals surface area contributed by atoms with Crippen molar-refractivity contribution in [3.63, 3.8) is 0 Å². The highest BCUT2D eigenvalue weighted by Gasteiger charge is 2.36. The molecule has 0 atom stereocenters. The maximum absolute atomic E-state index is 12.5. The molecule has 100 valence electrons. The second kappa shape index (κ2) is 6.26. The third kappa shape index (κ3) is 4.04. The highest BCUT2D eigenvalue weighted by molar-refractivity contribution is 8.13. The summed E-state index contributed by atoms with van der Waals surface area (Å²) in [5.41, 5.74) is 0.353. The number of alkyl halides is 3. The Morgan fingerprint density at radius 2 is 2.33 bits per heavy atom. The highest BCUT2D eigenvalue weighted by atomic mass is 35.5. The van der Waals surface area contributed by atoms with Crippen LogP contribution in [0.2, 0.25) is 5.15 Å². The number of rotatable bonds is 4. The minimum atomic E-state index is -4.53. The first-order valence-electron chi connectivity index (χ1n) is 4.60. The third-order valence-corrected chi connectivity index (χ3v) is 3.06. The Morgan fingerprint density at radius 3 is 2.78 bits per heavy atom. The molecule has 9 heteroatoms. The quantitative estimate of drug-likeness (QED) is 0.687. The minimum Gasteiger partial charge on any atom is -0.392 e. The summed E-state index contributed by atoms with van der Waals surface area (Å²) in [6.07, 6.45) is -2.34. The van der Waals surface area contributed by atoms with Crippen LogP contribution >= 0.6 is 23.4 Å². The van der Waals surface area contributed by atoms with E-state index in [4.69, 9.17) is 16.7 Å². The number of hydrogen-bond acceptors (Lipinski definition) is 4. The molecule has 0 fully saturated rings. The normalized spacial score (nSPS) is 12.8. The minimum absolute atomic E-state index is 0.0623. The molecular formula is C9H9ClF3N3OS. The van der Waals surface area contributed by atoms with Gasteiger partial charge in [-0.2, -0.15) is 18.3 Å².